The van der Waals surface area contributed by atoms with E-state index in [0.717, 1.165) is 0 Å². The van der Waals surface area contributed by atoms with E-state index in [1.807, 2.05) is 0 Å². The minimum Gasteiger partial charge on any atom is -0.462 e. The van der Waals surface area contributed by atoms with Crippen molar-refractivity contribution >= 4 is 17.9 Å². The van der Waals surface area contributed by atoms with Crippen molar-refractivity contribution in [3.8, 4) is 0 Å². The van der Waals surface area contributed by atoms with Crippen LogP contribution in [-0.2, 0) is 28.6 Å². The minimum atomic E-state index is -1.06. The molecule has 0 spiro atoms. The van der Waals surface area contributed by atoms with Gasteiger partial charge in [0.1, 0.15) is 11.4 Å². The zero-order chi connectivity index (χ0) is 20.5. The maximum absolute atomic E-state index is 12.0. The van der Waals surface area contributed by atoms with Crippen molar-refractivity contribution in [2.24, 2.45) is 0 Å². The zero-order valence-electron chi connectivity index (χ0n) is 16.1. The van der Waals surface area contributed by atoms with Crippen LogP contribution >= 0.6 is 0 Å². The summed E-state index contributed by atoms with van der Waals surface area (Å²) in [6.45, 7) is 20.7. The Morgan fingerprint density at radius 1 is 0.846 bits per heavy atom. The molecule has 0 rings (SSSR count). The fourth-order valence-corrected chi connectivity index (χ4v) is 1.90. The van der Waals surface area contributed by atoms with E-state index in [2.05, 4.69) is 26.3 Å². The Morgan fingerprint density at radius 2 is 1.35 bits per heavy atom. The second kappa shape index (κ2) is 10.4. The van der Waals surface area contributed by atoms with Gasteiger partial charge >= 0.3 is 17.9 Å². The van der Waals surface area contributed by atoms with Crippen LogP contribution in [0.3, 0.4) is 0 Å². The average Bonchev–Trinajstić information content (AvgIpc) is 2.53. The summed E-state index contributed by atoms with van der Waals surface area (Å²) in [5, 5.41) is 0. The normalized spacial score (nSPS) is 12.3. The quantitative estimate of drug-likeness (QED) is 0.240. The van der Waals surface area contributed by atoms with E-state index in [-0.39, 0.29) is 41.9 Å². The Kier molecular flexibility index (Phi) is 9.33. The number of carbonyl (C=O) groups excluding carboxylic acids is 3. The molecule has 0 radical (unpaired) electrons. The largest absolute Gasteiger partial charge is 0.462 e. The first-order valence-electron chi connectivity index (χ1n) is 8.21. The summed E-state index contributed by atoms with van der Waals surface area (Å²) in [7, 11) is 0. The predicted octanol–water partition coefficient (Wildman–Crippen LogP) is 3.79. The Bertz CT molecular complexity index is 628. The number of carbonyl (C=O) groups is 3. The summed E-state index contributed by atoms with van der Waals surface area (Å²) in [6, 6.07) is 0. The topological polar surface area (TPSA) is 78.9 Å². The zero-order valence-corrected chi connectivity index (χ0v) is 16.1. The molecule has 0 saturated carbocycles. The van der Waals surface area contributed by atoms with E-state index in [1.165, 1.54) is 20.8 Å². The monoisotopic (exact) mass is 364 g/mol. The highest BCUT2D eigenvalue weighted by Gasteiger charge is 2.35. The third-order valence-electron chi connectivity index (χ3n) is 3.55. The smallest absolute Gasteiger partial charge is 0.338 e. The van der Waals surface area contributed by atoms with Crippen molar-refractivity contribution in [1.29, 1.82) is 0 Å². The molecule has 1 atom stereocenters. The van der Waals surface area contributed by atoms with Crippen LogP contribution in [0.2, 0.25) is 0 Å². The van der Waals surface area contributed by atoms with Gasteiger partial charge in [-0.05, 0) is 27.2 Å². The molecule has 0 aliphatic heterocycles. The average molecular weight is 364 g/mol. The van der Waals surface area contributed by atoms with E-state index in [9.17, 15) is 14.4 Å². The van der Waals surface area contributed by atoms with Gasteiger partial charge < -0.3 is 14.2 Å². The van der Waals surface area contributed by atoms with E-state index < -0.39 is 23.5 Å². The Morgan fingerprint density at radius 3 is 1.77 bits per heavy atom. The van der Waals surface area contributed by atoms with Crippen LogP contribution < -0.4 is 0 Å². The maximum Gasteiger partial charge on any atom is 0.338 e. The third-order valence-corrected chi connectivity index (χ3v) is 3.55. The van der Waals surface area contributed by atoms with Gasteiger partial charge in [0.2, 0.25) is 0 Å². The first-order chi connectivity index (χ1) is 11.9. The number of ether oxygens (including phenoxy) is 3. The van der Waals surface area contributed by atoms with Gasteiger partial charge in [-0.2, -0.15) is 0 Å². The Balaban J connectivity index is 5.25. The molecule has 0 N–H and O–H groups in total. The predicted molar refractivity (Wildman–Crippen MR) is 99.0 cm³/mol. The summed E-state index contributed by atoms with van der Waals surface area (Å²) in [4.78, 5) is 35.2. The van der Waals surface area contributed by atoms with Crippen molar-refractivity contribution < 1.29 is 28.6 Å². The molecule has 0 aliphatic rings. The summed E-state index contributed by atoms with van der Waals surface area (Å²) < 4.78 is 15.8. The second-order valence-electron chi connectivity index (χ2n) is 6.26. The lowest BCUT2D eigenvalue weighted by Crippen LogP contribution is -2.37. The van der Waals surface area contributed by atoms with E-state index in [1.54, 1.807) is 6.92 Å². The summed E-state index contributed by atoms with van der Waals surface area (Å²) in [6.07, 6.45) is 0.650. The SMILES string of the molecule is C=C(CC(CC)(CCOC(=O)C(=C)C)OC(=O)C(=C)C)OC(=O)C(=C)C. The maximum atomic E-state index is 12.0. The second-order valence-corrected chi connectivity index (χ2v) is 6.26. The molecule has 144 valence electrons. The van der Waals surface area contributed by atoms with Gasteiger partial charge in [0.25, 0.3) is 0 Å². The van der Waals surface area contributed by atoms with Crippen molar-refractivity contribution in [3.05, 3.63) is 48.8 Å². The van der Waals surface area contributed by atoms with Gasteiger partial charge in [0, 0.05) is 29.6 Å². The van der Waals surface area contributed by atoms with Crippen molar-refractivity contribution in [2.75, 3.05) is 6.61 Å². The summed E-state index contributed by atoms with van der Waals surface area (Å²) >= 11 is 0. The molecule has 0 amide bonds. The Hall–Kier alpha value is -2.63. The van der Waals surface area contributed by atoms with E-state index in [0.29, 0.717) is 6.42 Å². The van der Waals surface area contributed by atoms with Crippen molar-refractivity contribution in [3.63, 3.8) is 0 Å². The fourth-order valence-electron chi connectivity index (χ4n) is 1.90. The van der Waals surface area contributed by atoms with Crippen LogP contribution in [0.5, 0.6) is 0 Å². The lowest BCUT2D eigenvalue weighted by atomic mass is 9.91. The number of esters is 3. The highest BCUT2D eigenvalue weighted by molar-refractivity contribution is 5.88. The Labute approximate surface area is 155 Å². The fraction of sp³-hybridized carbons (Fsp3) is 0.450. The molecule has 6 heteroatoms. The van der Waals surface area contributed by atoms with Crippen molar-refractivity contribution in [1.82, 2.24) is 0 Å². The molecule has 26 heavy (non-hydrogen) atoms. The molecule has 0 aromatic heterocycles. The van der Waals surface area contributed by atoms with Crippen molar-refractivity contribution in [2.45, 2.75) is 52.6 Å². The molecule has 0 aromatic rings. The van der Waals surface area contributed by atoms with Crippen LogP contribution in [0.25, 0.3) is 0 Å². The van der Waals surface area contributed by atoms with Gasteiger partial charge in [-0.25, -0.2) is 14.4 Å². The van der Waals surface area contributed by atoms with Crippen LogP contribution in [0.4, 0.5) is 0 Å². The van der Waals surface area contributed by atoms with Crippen LogP contribution in [0.1, 0.15) is 47.0 Å². The lowest BCUT2D eigenvalue weighted by molar-refractivity contribution is -0.159. The van der Waals surface area contributed by atoms with Crippen LogP contribution in [0, 0.1) is 0 Å². The minimum absolute atomic E-state index is 0.00468. The van der Waals surface area contributed by atoms with Crippen LogP contribution in [-0.4, -0.2) is 30.1 Å². The van der Waals surface area contributed by atoms with Gasteiger partial charge in [-0.15, -0.1) is 0 Å². The van der Waals surface area contributed by atoms with Crippen LogP contribution in [0.15, 0.2) is 48.8 Å². The van der Waals surface area contributed by atoms with Gasteiger partial charge in [-0.3, -0.25) is 0 Å². The standard InChI is InChI=1S/C20H28O6/c1-9-20(26-19(23)15(6)7,10-11-24-17(21)13(2)3)12-16(8)25-18(22)14(4)5/h2,4,6,8-12H2,1,3,5,7H3. The molecule has 6 nitrogen and oxygen atoms in total. The summed E-state index contributed by atoms with van der Waals surface area (Å²) in [5.74, 6) is -1.61. The molecule has 0 fully saturated rings. The first-order valence-corrected chi connectivity index (χ1v) is 8.21. The van der Waals surface area contributed by atoms with E-state index >= 15 is 0 Å². The molecule has 0 heterocycles. The highest BCUT2D eigenvalue weighted by Crippen LogP contribution is 2.30. The molecule has 0 aliphatic carbocycles. The van der Waals surface area contributed by atoms with Gasteiger partial charge in [-0.1, -0.05) is 33.2 Å². The lowest BCUT2D eigenvalue weighted by Gasteiger charge is -2.33. The van der Waals surface area contributed by atoms with Gasteiger partial charge in [0.15, 0.2) is 0 Å². The molecule has 1 unspecified atom stereocenters. The number of hydrogen-bond acceptors (Lipinski definition) is 6. The third kappa shape index (κ3) is 7.96. The first kappa shape index (κ1) is 23.4. The molecular weight excluding hydrogens is 336 g/mol. The molecule has 0 aromatic carbocycles. The van der Waals surface area contributed by atoms with Gasteiger partial charge in [0.05, 0.1) is 6.61 Å². The summed E-state index contributed by atoms with van der Waals surface area (Å²) in [5.41, 5.74) is -0.336. The number of hydrogen-bond donors (Lipinski definition) is 0. The number of rotatable bonds is 11. The molecule has 0 saturated heterocycles. The molecule has 0 bridgehead atoms. The molecular formula is C20H28O6. The van der Waals surface area contributed by atoms with E-state index in [4.69, 9.17) is 14.2 Å². The highest BCUT2D eigenvalue weighted by atomic mass is 16.6.